The maximum absolute atomic E-state index is 13.3. The predicted molar refractivity (Wildman–Crippen MR) is 81.0 cm³/mol. The molecule has 2 N–H and O–H groups in total. The second-order valence-corrected chi connectivity index (χ2v) is 5.00. The van der Waals surface area contributed by atoms with Gasteiger partial charge < -0.3 is 15.2 Å². The van der Waals surface area contributed by atoms with Crippen LogP contribution in [0.25, 0.3) is 0 Å². The van der Waals surface area contributed by atoms with Crippen molar-refractivity contribution in [1.82, 2.24) is 4.57 Å². The summed E-state index contributed by atoms with van der Waals surface area (Å²) in [5.41, 5.74) is 7.39. The van der Waals surface area contributed by atoms with E-state index in [0.29, 0.717) is 30.4 Å². The molecule has 2 rings (SSSR count). The molecule has 0 amide bonds. The van der Waals surface area contributed by atoms with E-state index in [0.717, 1.165) is 5.56 Å². The van der Waals surface area contributed by atoms with Crippen molar-refractivity contribution in [2.75, 3.05) is 19.5 Å². The summed E-state index contributed by atoms with van der Waals surface area (Å²) < 4.78 is 25.8. The van der Waals surface area contributed by atoms with Gasteiger partial charge in [-0.1, -0.05) is 12.1 Å². The lowest BCUT2D eigenvalue weighted by molar-refractivity contribution is 0.0869. The van der Waals surface area contributed by atoms with Crippen molar-refractivity contribution in [3.05, 3.63) is 47.4 Å². The zero-order valence-corrected chi connectivity index (χ0v) is 12.5. The number of nitrogens with zero attached hydrogens (tertiary/aromatic N) is 2. The van der Waals surface area contributed by atoms with Crippen molar-refractivity contribution in [2.24, 2.45) is 0 Å². The molecule has 1 heterocycles. The Hall–Kier alpha value is -2.52. The minimum Gasteiger partial charge on any atom is -0.472 e. The van der Waals surface area contributed by atoms with Gasteiger partial charge in [-0.2, -0.15) is 5.26 Å². The molecule has 0 aliphatic rings. The monoisotopic (exact) mass is 303 g/mol. The van der Waals surface area contributed by atoms with E-state index in [-0.39, 0.29) is 11.9 Å². The summed E-state index contributed by atoms with van der Waals surface area (Å²) in [6.45, 7) is 2.54. The summed E-state index contributed by atoms with van der Waals surface area (Å²) in [4.78, 5) is 0. The largest absolute Gasteiger partial charge is 0.472 e. The quantitative estimate of drug-likeness (QED) is 0.890. The maximum Gasteiger partial charge on any atom is 0.219 e. The van der Waals surface area contributed by atoms with E-state index in [4.69, 9.17) is 15.2 Å². The number of hydrogen-bond acceptors (Lipinski definition) is 4. The Morgan fingerprint density at radius 1 is 1.41 bits per heavy atom. The van der Waals surface area contributed by atoms with Gasteiger partial charge >= 0.3 is 0 Å². The van der Waals surface area contributed by atoms with Crippen LogP contribution in [0.3, 0.4) is 0 Å². The first-order valence-electron chi connectivity index (χ1n) is 6.84. The number of nitrogens with two attached hydrogens (primary N) is 1. The topological polar surface area (TPSA) is 73.2 Å². The molecule has 0 aliphatic carbocycles. The lowest BCUT2D eigenvalue weighted by Crippen LogP contribution is -2.20. The number of benzene rings is 1. The number of rotatable bonds is 6. The molecule has 0 spiro atoms. The van der Waals surface area contributed by atoms with E-state index in [1.165, 1.54) is 12.1 Å². The summed E-state index contributed by atoms with van der Waals surface area (Å²) in [5, 5.41) is 9.25. The fourth-order valence-electron chi connectivity index (χ4n) is 2.21. The molecule has 0 saturated carbocycles. The average molecular weight is 303 g/mol. The third kappa shape index (κ3) is 3.57. The Morgan fingerprint density at radius 2 is 2.18 bits per heavy atom. The van der Waals surface area contributed by atoms with Crippen molar-refractivity contribution in [1.29, 1.82) is 5.26 Å². The number of halogens is 1. The van der Waals surface area contributed by atoms with Crippen LogP contribution in [0.4, 0.5) is 10.1 Å². The van der Waals surface area contributed by atoms with Gasteiger partial charge in [-0.3, -0.25) is 4.57 Å². The van der Waals surface area contributed by atoms with Crippen LogP contribution in [-0.4, -0.2) is 24.4 Å². The molecule has 6 heteroatoms. The molecule has 0 aliphatic heterocycles. The third-order valence-corrected chi connectivity index (χ3v) is 3.13. The Bertz CT molecular complexity index is 691. The molecule has 0 fully saturated rings. The number of aromatic nitrogens is 1. The summed E-state index contributed by atoms with van der Waals surface area (Å²) >= 11 is 0. The highest BCUT2D eigenvalue weighted by molar-refractivity contribution is 5.55. The molecule has 1 aromatic heterocycles. The fourth-order valence-corrected chi connectivity index (χ4v) is 2.21. The van der Waals surface area contributed by atoms with Crippen molar-refractivity contribution >= 4 is 5.69 Å². The average Bonchev–Trinajstić information content (AvgIpc) is 2.76. The van der Waals surface area contributed by atoms with E-state index < -0.39 is 0 Å². The molecule has 1 atom stereocenters. The van der Waals surface area contributed by atoms with E-state index in [9.17, 15) is 9.65 Å². The molecule has 0 radical (unpaired) electrons. The van der Waals surface area contributed by atoms with E-state index in [2.05, 4.69) is 6.07 Å². The molecule has 1 aromatic carbocycles. The molecule has 0 saturated heterocycles. The van der Waals surface area contributed by atoms with Gasteiger partial charge in [0.05, 0.1) is 18.8 Å². The number of nitrogen functional groups attached to an aromatic ring is 1. The van der Waals surface area contributed by atoms with Gasteiger partial charge in [0.2, 0.25) is 5.88 Å². The SMILES string of the molecule is COC[C@H](C)Oc1c(N)cc(C#N)n1Cc1cccc(F)c1. The van der Waals surface area contributed by atoms with Crippen LogP contribution < -0.4 is 10.5 Å². The predicted octanol–water partition coefficient (Wildman–Crippen LogP) is 2.54. The first-order chi connectivity index (χ1) is 10.5. The summed E-state index contributed by atoms with van der Waals surface area (Å²) in [7, 11) is 1.58. The molecule has 116 valence electrons. The second kappa shape index (κ2) is 6.96. The molecular formula is C16H18FN3O2. The van der Waals surface area contributed by atoms with E-state index >= 15 is 0 Å². The van der Waals surface area contributed by atoms with Gasteiger partial charge in [0.25, 0.3) is 0 Å². The van der Waals surface area contributed by atoms with Crippen molar-refractivity contribution < 1.29 is 13.9 Å². The number of ether oxygens (including phenoxy) is 2. The third-order valence-electron chi connectivity index (χ3n) is 3.13. The molecule has 0 unspecified atom stereocenters. The molecule has 2 aromatic rings. The number of hydrogen-bond donors (Lipinski definition) is 1. The number of anilines is 1. The smallest absolute Gasteiger partial charge is 0.219 e. The van der Waals surface area contributed by atoms with Crippen LogP contribution in [0.5, 0.6) is 5.88 Å². The summed E-state index contributed by atoms with van der Waals surface area (Å²) in [6.07, 6.45) is -0.222. The lowest BCUT2D eigenvalue weighted by Gasteiger charge is -2.17. The zero-order chi connectivity index (χ0) is 16.1. The highest BCUT2D eigenvalue weighted by Crippen LogP contribution is 2.28. The van der Waals surface area contributed by atoms with Gasteiger partial charge in [0.1, 0.15) is 23.7 Å². The summed E-state index contributed by atoms with van der Waals surface area (Å²) in [5.74, 6) is 0.0664. The standard InChI is InChI=1S/C16H18FN3O2/c1-11(10-21-2)22-16-15(19)7-14(8-18)20(16)9-12-4-3-5-13(17)6-12/h3-7,11H,9-10,19H2,1-2H3/t11-/m0/s1. The highest BCUT2D eigenvalue weighted by atomic mass is 19.1. The minimum absolute atomic E-state index is 0.222. The first-order valence-corrected chi connectivity index (χ1v) is 6.84. The van der Waals surface area contributed by atoms with Gasteiger partial charge in [-0.25, -0.2) is 4.39 Å². The summed E-state index contributed by atoms with van der Waals surface area (Å²) in [6, 6.07) is 9.82. The Labute approximate surface area is 128 Å². The van der Waals surface area contributed by atoms with Crippen LogP contribution in [0.1, 0.15) is 18.2 Å². The van der Waals surface area contributed by atoms with Crippen LogP contribution in [0, 0.1) is 17.1 Å². The van der Waals surface area contributed by atoms with Gasteiger partial charge in [0, 0.05) is 13.2 Å². The molecule has 0 bridgehead atoms. The van der Waals surface area contributed by atoms with Crippen molar-refractivity contribution in [3.63, 3.8) is 0 Å². The van der Waals surface area contributed by atoms with Crippen molar-refractivity contribution in [2.45, 2.75) is 19.6 Å². The lowest BCUT2D eigenvalue weighted by atomic mass is 10.2. The van der Waals surface area contributed by atoms with Crippen LogP contribution in [0.2, 0.25) is 0 Å². The minimum atomic E-state index is -0.327. The van der Waals surface area contributed by atoms with Gasteiger partial charge in [-0.15, -0.1) is 0 Å². The Morgan fingerprint density at radius 3 is 2.82 bits per heavy atom. The zero-order valence-electron chi connectivity index (χ0n) is 12.5. The molecule has 22 heavy (non-hydrogen) atoms. The molecular weight excluding hydrogens is 285 g/mol. The molecule has 5 nitrogen and oxygen atoms in total. The van der Waals surface area contributed by atoms with Crippen LogP contribution in [0.15, 0.2) is 30.3 Å². The normalized spacial score (nSPS) is 11.9. The van der Waals surface area contributed by atoms with Crippen LogP contribution >= 0.6 is 0 Å². The number of nitriles is 1. The van der Waals surface area contributed by atoms with Crippen LogP contribution in [-0.2, 0) is 11.3 Å². The second-order valence-electron chi connectivity index (χ2n) is 5.00. The van der Waals surface area contributed by atoms with Gasteiger partial charge in [0.15, 0.2) is 0 Å². The Kier molecular flexibility index (Phi) is 5.02. The highest BCUT2D eigenvalue weighted by Gasteiger charge is 2.17. The van der Waals surface area contributed by atoms with Gasteiger partial charge in [-0.05, 0) is 24.6 Å². The first kappa shape index (κ1) is 15.9. The fraction of sp³-hybridized carbons (Fsp3) is 0.312. The van der Waals surface area contributed by atoms with E-state index in [1.807, 2.05) is 6.92 Å². The van der Waals surface area contributed by atoms with Crippen molar-refractivity contribution in [3.8, 4) is 11.9 Å². The number of methoxy groups -OCH3 is 1. The Balaban J connectivity index is 2.34. The van der Waals surface area contributed by atoms with E-state index in [1.54, 1.807) is 29.9 Å². The maximum atomic E-state index is 13.3.